The van der Waals surface area contributed by atoms with E-state index in [4.69, 9.17) is 9.97 Å². The van der Waals surface area contributed by atoms with Gasteiger partial charge in [0.25, 0.3) is 0 Å². The number of fused-ring (bicyclic) bond motifs is 2. The van der Waals surface area contributed by atoms with Crippen LogP contribution in [0.1, 0.15) is 99.0 Å². The van der Waals surface area contributed by atoms with E-state index in [1.54, 1.807) is 22.7 Å². The molecule has 2 aromatic heterocycles. The first kappa shape index (κ1) is 33.0. The Labute approximate surface area is 302 Å². The summed E-state index contributed by atoms with van der Waals surface area (Å²) in [5, 5.41) is 8.19. The third-order valence-corrected chi connectivity index (χ3v) is 14.0. The molecule has 50 heavy (non-hydrogen) atoms. The van der Waals surface area contributed by atoms with Crippen LogP contribution in [-0.4, -0.2) is 21.5 Å². The number of ketones is 2. The second-order valence-electron chi connectivity index (χ2n) is 14.7. The van der Waals surface area contributed by atoms with Gasteiger partial charge in [0.2, 0.25) is 0 Å². The molecule has 6 nitrogen and oxygen atoms in total. The van der Waals surface area contributed by atoms with Gasteiger partial charge in [0.05, 0.1) is 26.1 Å². The molecular formula is C42H44N4O2S2. The lowest BCUT2D eigenvalue weighted by molar-refractivity contribution is -0.118. The first-order chi connectivity index (χ1) is 24.2. The minimum Gasteiger partial charge on any atom is -0.342 e. The first-order valence-electron chi connectivity index (χ1n) is 18.0. The van der Waals surface area contributed by atoms with E-state index in [2.05, 4.69) is 99.9 Å². The zero-order valence-corrected chi connectivity index (χ0v) is 31.1. The SMILES string of the molecule is CC[C@@]1(c2ccccc2)C2=C(C[C@@H](/C(C)=C\c3nc4c(s3)[C@](CC)(c3ccccc3)C3=C(C[C@H](C(C)C)CC3=O)N4)CC2=O)Nc2ncsc21. The van der Waals surface area contributed by atoms with Crippen LogP contribution >= 0.6 is 22.7 Å². The highest BCUT2D eigenvalue weighted by atomic mass is 32.1. The number of thiazole rings is 2. The molecule has 2 N–H and O–H groups in total. The molecule has 8 heteroatoms. The Morgan fingerprint density at radius 1 is 0.820 bits per heavy atom. The Bertz CT molecular complexity index is 2090. The molecule has 0 saturated heterocycles. The molecule has 0 radical (unpaired) electrons. The number of allylic oxidation sites excluding steroid dienone is 5. The summed E-state index contributed by atoms with van der Waals surface area (Å²) in [6, 6.07) is 21.0. The van der Waals surface area contributed by atoms with Crippen molar-refractivity contribution in [1.82, 2.24) is 9.97 Å². The van der Waals surface area contributed by atoms with Gasteiger partial charge in [0, 0.05) is 35.4 Å². The van der Waals surface area contributed by atoms with E-state index in [0.29, 0.717) is 24.7 Å². The number of aromatic nitrogens is 2. The summed E-state index contributed by atoms with van der Waals surface area (Å²) in [6.45, 7) is 11.0. The number of hydrogen-bond acceptors (Lipinski definition) is 8. The normalized spacial score (nSPS) is 26.2. The van der Waals surface area contributed by atoms with Gasteiger partial charge < -0.3 is 10.6 Å². The van der Waals surface area contributed by atoms with Crippen LogP contribution in [-0.2, 0) is 20.4 Å². The summed E-state index contributed by atoms with van der Waals surface area (Å²) in [4.78, 5) is 40.6. The van der Waals surface area contributed by atoms with Gasteiger partial charge >= 0.3 is 0 Å². The molecule has 8 rings (SSSR count). The van der Waals surface area contributed by atoms with Crippen molar-refractivity contribution >= 4 is 52.0 Å². The highest BCUT2D eigenvalue weighted by Crippen LogP contribution is 2.56. The van der Waals surface area contributed by atoms with Gasteiger partial charge in [0.1, 0.15) is 16.6 Å². The molecule has 4 atom stereocenters. The maximum Gasteiger partial charge on any atom is 0.162 e. The van der Waals surface area contributed by atoms with E-state index in [0.717, 1.165) is 91.3 Å². The molecule has 4 aromatic rings. The zero-order valence-electron chi connectivity index (χ0n) is 29.4. The molecule has 256 valence electrons. The van der Waals surface area contributed by atoms with Crippen molar-refractivity contribution in [2.75, 3.05) is 10.6 Å². The number of Topliss-reactive ketones (excluding diaryl/α,β-unsaturated/α-hetero) is 2. The molecule has 0 unspecified atom stereocenters. The van der Waals surface area contributed by atoms with Gasteiger partial charge in [-0.15, -0.1) is 22.7 Å². The van der Waals surface area contributed by atoms with Crippen LogP contribution in [0.4, 0.5) is 11.6 Å². The van der Waals surface area contributed by atoms with Crippen LogP contribution in [0.25, 0.3) is 6.08 Å². The molecule has 2 aromatic carbocycles. The minimum absolute atomic E-state index is 0.0397. The Morgan fingerprint density at radius 3 is 2.02 bits per heavy atom. The van der Waals surface area contributed by atoms with E-state index >= 15 is 0 Å². The summed E-state index contributed by atoms with van der Waals surface area (Å²) in [7, 11) is 0. The van der Waals surface area contributed by atoms with Crippen molar-refractivity contribution in [3.63, 3.8) is 0 Å². The second kappa shape index (κ2) is 12.6. The van der Waals surface area contributed by atoms with Crippen molar-refractivity contribution in [3.8, 4) is 0 Å². The number of anilines is 2. The smallest absolute Gasteiger partial charge is 0.162 e. The average Bonchev–Trinajstić information content (AvgIpc) is 3.77. The van der Waals surface area contributed by atoms with Gasteiger partial charge in [-0.3, -0.25) is 9.59 Å². The third kappa shape index (κ3) is 4.93. The fourth-order valence-corrected chi connectivity index (χ4v) is 11.6. The minimum atomic E-state index is -0.549. The molecule has 0 saturated carbocycles. The standard InChI is InChI=1S/C42H44N4O2S2/c1-6-41(28-14-10-8-11-15-28)35-31(44-39-37(41)49-23-43-39)20-27(22-33(35)48)25(5)18-34-46-40-38(50-34)42(7-2,29-16-12-9-13-17-29)36-30(45-40)19-26(24(3)4)21-32(36)47/h8-18,23-24,26-27,44-45H,6-7,19-22H2,1-5H3/b25-18-/t26-,27+,41+,42+/m0/s1. The predicted molar refractivity (Wildman–Crippen MR) is 205 cm³/mol. The molecule has 0 spiro atoms. The highest BCUT2D eigenvalue weighted by Gasteiger charge is 2.51. The fraction of sp³-hybridized carbons (Fsp3) is 0.381. The Hall–Kier alpha value is -4.14. The molecular weight excluding hydrogens is 657 g/mol. The van der Waals surface area contributed by atoms with Crippen molar-refractivity contribution < 1.29 is 9.59 Å². The maximum absolute atomic E-state index is 14.4. The Balaban J connectivity index is 1.18. The summed E-state index contributed by atoms with van der Waals surface area (Å²) >= 11 is 3.31. The van der Waals surface area contributed by atoms with Crippen LogP contribution in [0.3, 0.4) is 0 Å². The van der Waals surface area contributed by atoms with Gasteiger partial charge in [-0.05, 0) is 67.6 Å². The zero-order chi connectivity index (χ0) is 34.8. The fourth-order valence-electron chi connectivity index (χ4n) is 9.19. The van der Waals surface area contributed by atoms with E-state index in [1.165, 1.54) is 0 Å². The van der Waals surface area contributed by atoms with Crippen molar-refractivity contribution in [2.24, 2.45) is 17.8 Å². The van der Waals surface area contributed by atoms with Crippen molar-refractivity contribution in [1.29, 1.82) is 0 Å². The number of hydrogen-bond donors (Lipinski definition) is 2. The maximum atomic E-state index is 14.4. The van der Waals surface area contributed by atoms with Crippen LogP contribution in [0, 0.1) is 17.8 Å². The topological polar surface area (TPSA) is 84.0 Å². The van der Waals surface area contributed by atoms with E-state index in [9.17, 15) is 9.59 Å². The second-order valence-corrected chi connectivity index (χ2v) is 16.6. The molecule has 0 bridgehead atoms. The molecule has 2 aliphatic carbocycles. The molecule has 0 fully saturated rings. The van der Waals surface area contributed by atoms with Gasteiger partial charge in [0.15, 0.2) is 11.6 Å². The largest absolute Gasteiger partial charge is 0.342 e. The predicted octanol–water partition coefficient (Wildman–Crippen LogP) is 10.1. The van der Waals surface area contributed by atoms with Crippen LogP contribution in [0.2, 0.25) is 0 Å². The van der Waals surface area contributed by atoms with Crippen LogP contribution < -0.4 is 10.6 Å². The van der Waals surface area contributed by atoms with Gasteiger partial charge in [-0.25, -0.2) is 9.97 Å². The van der Waals surface area contributed by atoms with Crippen LogP contribution in [0.15, 0.2) is 94.3 Å². The summed E-state index contributed by atoms with van der Waals surface area (Å²) in [6.07, 6.45) is 6.37. The Morgan fingerprint density at radius 2 is 1.40 bits per heavy atom. The number of benzene rings is 2. The van der Waals surface area contributed by atoms with Crippen LogP contribution in [0.5, 0.6) is 0 Å². The van der Waals surface area contributed by atoms with Gasteiger partial charge in [-0.1, -0.05) is 93.9 Å². The molecule has 2 aliphatic heterocycles. The van der Waals surface area contributed by atoms with Gasteiger partial charge in [-0.2, -0.15) is 0 Å². The number of carbonyl (C=O) groups is 2. The molecule has 4 heterocycles. The summed E-state index contributed by atoms with van der Waals surface area (Å²) < 4.78 is 0. The Kier molecular flexibility index (Phi) is 8.30. The van der Waals surface area contributed by atoms with Crippen molar-refractivity contribution in [3.05, 3.63) is 120 Å². The number of rotatable bonds is 7. The lowest BCUT2D eigenvalue weighted by Crippen LogP contribution is -2.41. The van der Waals surface area contributed by atoms with E-state index in [-0.39, 0.29) is 17.5 Å². The highest BCUT2D eigenvalue weighted by molar-refractivity contribution is 7.13. The lowest BCUT2D eigenvalue weighted by atomic mass is 9.63. The molecule has 0 amide bonds. The average molecular weight is 701 g/mol. The number of nitrogens with one attached hydrogen (secondary N) is 2. The summed E-state index contributed by atoms with van der Waals surface area (Å²) in [5.41, 5.74) is 8.12. The lowest BCUT2D eigenvalue weighted by Gasteiger charge is -2.43. The van der Waals surface area contributed by atoms with E-state index in [1.807, 2.05) is 17.6 Å². The van der Waals surface area contributed by atoms with Crippen molar-refractivity contribution in [2.45, 2.75) is 84.0 Å². The summed E-state index contributed by atoms with van der Waals surface area (Å²) in [5.74, 6) is 2.96. The van der Waals surface area contributed by atoms with E-state index < -0.39 is 10.8 Å². The monoisotopic (exact) mass is 700 g/mol. The quantitative estimate of drug-likeness (QED) is 0.200. The molecule has 4 aliphatic rings. The number of nitrogens with zero attached hydrogens (tertiary/aromatic N) is 2. The third-order valence-electron chi connectivity index (χ3n) is 11.9. The number of carbonyl (C=O) groups excluding carboxylic acids is 2. The first-order valence-corrected chi connectivity index (χ1v) is 19.7.